The second-order valence-electron chi connectivity index (χ2n) is 7.80. The fourth-order valence-electron chi connectivity index (χ4n) is 3.71. The average Bonchev–Trinajstić information content (AvgIpc) is 2.69. The second kappa shape index (κ2) is 10.4. The van der Waals surface area contributed by atoms with Crippen LogP contribution in [0.1, 0.15) is 53.7 Å². The van der Waals surface area contributed by atoms with Gasteiger partial charge in [-0.15, -0.1) is 12.4 Å². The van der Waals surface area contributed by atoms with E-state index in [1.54, 1.807) is 6.07 Å². The molecule has 2 aromatic carbocycles. The van der Waals surface area contributed by atoms with Crippen LogP contribution in [0.4, 0.5) is 5.69 Å². The number of aryl methyl sites for hydroxylation is 1. The number of nitrogens with two attached hydrogens (primary N) is 1. The maximum atomic E-state index is 12.8. The lowest BCUT2D eigenvalue weighted by Gasteiger charge is -2.31. The van der Waals surface area contributed by atoms with Crippen molar-refractivity contribution in [2.24, 2.45) is 11.7 Å². The molecule has 0 aromatic heterocycles. The lowest BCUT2D eigenvalue weighted by Crippen LogP contribution is -2.39. The molecule has 1 fully saturated rings. The molecule has 2 aromatic rings. The molecule has 1 aliphatic heterocycles. The highest BCUT2D eigenvalue weighted by Gasteiger charge is 2.22. The number of anilines is 1. The van der Waals surface area contributed by atoms with Crippen molar-refractivity contribution in [2.75, 3.05) is 18.4 Å². The van der Waals surface area contributed by atoms with Crippen LogP contribution in [0, 0.1) is 12.8 Å². The van der Waals surface area contributed by atoms with Gasteiger partial charge in [-0.2, -0.15) is 0 Å². The molecule has 156 valence electrons. The van der Waals surface area contributed by atoms with Crippen molar-refractivity contribution in [3.05, 3.63) is 65.2 Å². The van der Waals surface area contributed by atoms with Crippen molar-refractivity contribution in [3.63, 3.8) is 0 Å². The lowest BCUT2D eigenvalue weighted by atomic mass is 9.99. The predicted octanol–water partition coefficient (Wildman–Crippen LogP) is 4.32. The summed E-state index contributed by atoms with van der Waals surface area (Å²) < 4.78 is 0. The van der Waals surface area contributed by atoms with Crippen molar-refractivity contribution >= 4 is 29.9 Å². The smallest absolute Gasteiger partial charge is 0.253 e. The first kappa shape index (κ1) is 22.9. The normalized spacial score (nSPS) is 17.2. The van der Waals surface area contributed by atoms with E-state index in [0.29, 0.717) is 17.2 Å². The highest BCUT2D eigenvalue weighted by atomic mass is 35.5. The predicted molar refractivity (Wildman–Crippen MR) is 119 cm³/mol. The van der Waals surface area contributed by atoms with Crippen LogP contribution in [0.5, 0.6) is 0 Å². The summed E-state index contributed by atoms with van der Waals surface area (Å²) in [6.07, 6.45) is 2.44. The zero-order valence-corrected chi connectivity index (χ0v) is 17.9. The third-order valence-corrected chi connectivity index (χ3v) is 5.32. The zero-order chi connectivity index (χ0) is 20.1. The van der Waals surface area contributed by atoms with Gasteiger partial charge in [0, 0.05) is 36.8 Å². The number of nitrogens with zero attached hydrogens (tertiary/aromatic N) is 1. The van der Waals surface area contributed by atoms with Gasteiger partial charge in [-0.1, -0.05) is 37.3 Å². The SMILES string of the molecule is Cc1cc(C(=O)N2CCCC(C)C2)ccc1NC(=O)CC(N)c1ccccc1.Cl. The van der Waals surface area contributed by atoms with Crippen molar-refractivity contribution in [3.8, 4) is 0 Å². The summed E-state index contributed by atoms with van der Waals surface area (Å²) in [4.78, 5) is 27.1. The van der Waals surface area contributed by atoms with Crippen molar-refractivity contribution in [2.45, 2.75) is 39.2 Å². The van der Waals surface area contributed by atoms with Gasteiger partial charge < -0.3 is 16.0 Å². The van der Waals surface area contributed by atoms with Crippen LogP contribution in [-0.4, -0.2) is 29.8 Å². The summed E-state index contributed by atoms with van der Waals surface area (Å²) in [6.45, 7) is 5.72. The Hall–Kier alpha value is -2.37. The third kappa shape index (κ3) is 6.05. The minimum Gasteiger partial charge on any atom is -0.338 e. The first-order chi connectivity index (χ1) is 13.4. The summed E-state index contributed by atoms with van der Waals surface area (Å²) in [5, 5.41) is 2.92. The maximum absolute atomic E-state index is 12.8. The first-order valence-corrected chi connectivity index (χ1v) is 9.94. The lowest BCUT2D eigenvalue weighted by molar-refractivity contribution is -0.116. The summed E-state index contributed by atoms with van der Waals surface area (Å²) in [7, 11) is 0. The van der Waals surface area contributed by atoms with Gasteiger partial charge in [-0.25, -0.2) is 0 Å². The highest BCUT2D eigenvalue weighted by Crippen LogP contribution is 2.22. The number of carbonyl (C=O) groups is 2. The number of hydrogen-bond acceptors (Lipinski definition) is 3. The Labute approximate surface area is 179 Å². The number of nitrogens with one attached hydrogen (secondary N) is 1. The molecule has 1 saturated heterocycles. The number of piperidine rings is 1. The first-order valence-electron chi connectivity index (χ1n) is 9.94. The van der Waals surface area contributed by atoms with Gasteiger partial charge in [0.1, 0.15) is 0 Å². The molecule has 3 N–H and O–H groups in total. The van der Waals surface area contributed by atoms with E-state index in [1.165, 1.54) is 6.42 Å². The monoisotopic (exact) mass is 415 g/mol. The fraction of sp³-hybridized carbons (Fsp3) is 0.391. The number of likely N-dealkylation sites (tertiary alicyclic amines) is 1. The molecule has 2 unspecified atom stereocenters. The van der Waals surface area contributed by atoms with Crippen LogP contribution in [0.25, 0.3) is 0 Å². The Morgan fingerprint density at radius 3 is 2.59 bits per heavy atom. The highest BCUT2D eigenvalue weighted by molar-refractivity contribution is 5.96. The zero-order valence-electron chi connectivity index (χ0n) is 17.1. The van der Waals surface area contributed by atoms with Gasteiger partial charge >= 0.3 is 0 Å². The molecule has 0 bridgehead atoms. The summed E-state index contributed by atoms with van der Waals surface area (Å²) in [6, 6.07) is 14.7. The molecule has 0 spiro atoms. The fourth-order valence-corrected chi connectivity index (χ4v) is 3.71. The largest absolute Gasteiger partial charge is 0.338 e. The summed E-state index contributed by atoms with van der Waals surface area (Å²) >= 11 is 0. The number of rotatable bonds is 5. The molecule has 0 aliphatic carbocycles. The van der Waals surface area contributed by atoms with Gasteiger partial charge in [-0.05, 0) is 55.0 Å². The van der Waals surface area contributed by atoms with Gasteiger partial charge in [0.15, 0.2) is 0 Å². The molecular weight excluding hydrogens is 386 g/mol. The molecule has 5 nitrogen and oxygen atoms in total. The van der Waals surface area contributed by atoms with E-state index in [4.69, 9.17) is 5.73 Å². The maximum Gasteiger partial charge on any atom is 0.253 e. The molecule has 6 heteroatoms. The summed E-state index contributed by atoms with van der Waals surface area (Å²) in [5.41, 5.74) is 9.33. The number of carbonyl (C=O) groups excluding carboxylic acids is 2. The van der Waals surface area contributed by atoms with Gasteiger partial charge in [-0.3, -0.25) is 9.59 Å². The van der Waals surface area contributed by atoms with Gasteiger partial charge in [0.25, 0.3) is 5.91 Å². The van der Waals surface area contributed by atoms with Crippen LogP contribution in [0.3, 0.4) is 0 Å². The standard InChI is InChI=1S/C23H29N3O2.ClH/c1-16-7-6-12-26(15-16)23(28)19-10-11-21(17(2)13-19)25-22(27)14-20(24)18-8-4-3-5-9-18;/h3-5,8-11,13,16,20H,6-7,12,14-15,24H2,1-2H3,(H,25,27);1H. The van der Waals surface area contributed by atoms with Crippen molar-refractivity contribution in [1.82, 2.24) is 4.90 Å². The van der Waals surface area contributed by atoms with E-state index in [1.807, 2.05) is 54.3 Å². The molecule has 0 radical (unpaired) electrons. The van der Waals surface area contributed by atoms with Crippen molar-refractivity contribution < 1.29 is 9.59 Å². The molecular formula is C23H30ClN3O2. The van der Waals surface area contributed by atoms with Crippen molar-refractivity contribution in [1.29, 1.82) is 0 Å². The number of hydrogen-bond donors (Lipinski definition) is 2. The molecule has 2 amide bonds. The average molecular weight is 416 g/mol. The van der Waals surface area contributed by atoms with E-state index in [9.17, 15) is 9.59 Å². The van der Waals surface area contributed by atoms with E-state index in [-0.39, 0.29) is 36.7 Å². The van der Waals surface area contributed by atoms with Crippen LogP contribution in [0.2, 0.25) is 0 Å². The minimum absolute atomic E-state index is 0. The number of halogens is 1. The van der Waals surface area contributed by atoms with E-state index in [0.717, 1.165) is 30.6 Å². The summed E-state index contributed by atoms with van der Waals surface area (Å²) in [5.74, 6) is 0.480. The number of amides is 2. The topological polar surface area (TPSA) is 75.4 Å². The Balaban J connectivity index is 0.00000300. The van der Waals surface area contributed by atoms with Crippen LogP contribution >= 0.6 is 12.4 Å². The quantitative estimate of drug-likeness (QED) is 0.763. The van der Waals surface area contributed by atoms with Gasteiger partial charge in [0.2, 0.25) is 5.91 Å². The molecule has 1 aliphatic rings. The molecule has 0 saturated carbocycles. The minimum atomic E-state index is -0.344. The van der Waals surface area contributed by atoms with Crippen LogP contribution in [0.15, 0.2) is 48.5 Å². The molecule has 2 atom stereocenters. The Morgan fingerprint density at radius 2 is 1.93 bits per heavy atom. The molecule has 3 rings (SSSR count). The third-order valence-electron chi connectivity index (χ3n) is 5.32. The second-order valence-corrected chi connectivity index (χ2v) is 7.80. The molecule has 29 heavy (non-hydrogen) atoms. The van der Waals surface area contributed by atoms with E-state index < -0.39 is 0 Å². The van der Waals surface area contributed by atoms with Crippen LogP contribution in [-0.2, 0) is 4.79 Å². The molecule has 1 heterocycles. The van der Waals surface area contributed by atoms with Gasteiger partial charge in [0.05, 0.1) is 0 Å². The Kier molecular flexibility index (Phi) is 8.23. The Morgan fingerprint density at radius 1 is 1.21 bits per heavy atom. The number of benzene rings is 2. The van der Waals surface area contributed by atoms with E-state index >= 15 is 0 Å². The Bertz CT molecular complexity index is 841. The van der Waals surface area contributed by atoms with E-state index in [2.05, 4.69) is 12.2 Å². The van der Waals surface area contributed by atoms with Crippen LogP contribution < -0.4 is 11.1 Å².